The molecule has 25 heavy (non-hydrogen) atoms. The highest BCUT2D eigenvalue weighted by Gasteiger charge is 2.24. The first kappa shape index (κ1) is 18.6. The molecule has 0 saturated carbocycles. The van der Waals surface area contributed by atoms with E-state index in [-0.39, 0.29) is 17.3 Å². The third-order valence-corrected chi connectivity index (χ3v) is 4.52. The molecule has 2 rings (SSSR count). The van der Waals surface area contributed by atoms with E-state index in [0.717, 1.165) is 12.8 Å². The van der Waals surface area contributed by atoms with Crippen LogP contribution in [0, 0.1) is 10.1 Å². The van der Waals surface area contributed by atoms with Gasteiger partial charge in [-0.15, -0.1) is 0 Å². The number of amides is 1. The van der Waals surface area contributed by atoms with Gasteiger partial charge in [0.2, 0.25) is 6.04 Å². The predicted molar refractivity (Wildman–Crippen MR) is 96.4 cm³/mol. The number of benzene rings is 1. The van der Waals surface area contributed by atoms with Crippen molar-refractivity contribution >= 4 is 17.3 Å². The number of nitro groups is 1. The number of para-hydroxylation sites is 2. The number of pyridine rings is 1. The summed E-state index contributed by atoms with van der Waals surface area (Å²) in [6.07, 6.45) is 5.93. The number of carbonyl (C=O) groups excluding carboxylic acids is 1. The van der Waals surface area contributed by atoms with Crippen LogP contribution in [0.3, 0.4) is 0 Å². The lowest BCUT2D eigenvalue weighted by molar-refractivity contribution is -0.705. The van der Waals surface area contributed by atoms with E-state index in [0.29, 0.717) is 5.92 Å². The first-order valence-electron chi connectivity index (χ1n) is 8.52. The van der Waals surface area contributed by atoms with Crippen LogP contribution in [-0.2, 0) is 4.79 Å². The fraction of sp³-hybridized carbons (Fsp3) is 0.368. The first-order valence-corrected chi connectivity index (χ1v) is 8.52. The van der Waals surface area contributed by atoms with Crippen molar-refractivity contribution in [1.82, 2.24) is 0 Å². The largest absolute Gasteiger partial charge is 0.315 e. The topological polar surface area (TPSA) is 76.1 Å². The van der Waals surface area contributed by atoms with E-state index in [9.17, 15) is 14.9 Å². The summed E-state index contributed by atoms with van der Waals surface area (Å²) in [6.45, 7) is 6.09. The molecule has 1 aromatic carbocycles. The van der Waals surface area contributed by atoms with Crippen LogP contribution in [0.1, 0.15) is 51.1 Å². The zero-order chi connectivity index (χ0) is 18.4. The molecule has 0 bridgehead atoms. The maximum Gasteiger partial charge on any atom is 0.293 e. The van der Waals surface area contributed by atoms with E-state index in [1.165, 1.54) is 17.7 Å². The van der Waals surface area contributed by atoms with Gasteiger partial charge in [-0.1, -0.05) is 26.0 Å². The number of nitrogens with zero attached hydrogens (tertiary/aromatic N) is 2. The SMILES string of the molecule is CCC(CC)c1cc[n+]([C@H](C)C(=O)Nc2ccccc2[N+](=O)[O-])cc1. The Hall–Kier alpha value is -2.76. The lowest BCUT2D eigenvalue weighted by Crippen LogP contribution is -2.44. The number of anilines is 1. The van der Waals surface area contributed by atoms with Crippen molar-refractivity contribution in [3.8, 4) is 0 Å². The second kappa shape index (κ2) is 8.37. The molecule has 0 aliphatic carbocycles. The van der Waals surface area contributed by atoms with Gasteiger partial charge in [-0.2, -0.15) is 4.57 Å². The molecule has 1 N–H and O–H groups in total. The molecular weight excluding hydrogens is 318 g/mol. The predicted octanol–water partition coefficient (Wildman–Crippen LogP) is 3.99. The molecule has 0 saturated heterocycles. The number of nitro benzene ring substituents is 1. The van der Waals surface area contributed by atoms with Gasteiger partial charge in [-0.05, 0) is 30.4 Å². The molecule has 0 radical (unpaired) electrons. The van der Waals surface area contributed by atoms with Crippen molar-refractivity contribution < 1.29 is 14.3 Å². The molecule has 1 atom stereocenters. The first-order chi connectivity index (χ1) is 12.0. The average molecular weight is 342 g/mol. The van der Waals surface area contributed by atoms with Gasteiger partial charge in [0.1, 0.15) is 5.69 Å². The Labute approximate surface area is 147 Å². The molecule has 0 aliphatic heterocycles. The number of hydrogen-bond acceptors (Lipinski definition) is 3. The number of nitrogens with one attached hydrogen (secondary N) is 1. The van der Waals surface area contributed by atoms with Crippen LogP contribution in [-0.4, -0.2) is 10.8 Å². The smallest absolute Gasteiger partial charge is 0.293 e. The number of rotatable bonds is 7. The Morgan fingerprint density at radius 2 is 1.76 bits per heavy atom. The number of carbonyl (C=O) groups is 1. The molecule has 6 heteroatoms. The van der Waals surface area contributed by atoms with E-state index >= 15 is 0 Å². The van der Waals surface area contributed by atoms with Gasteiger partial charge in [0, 0.05) is 25.1 Å². The molecule has 1 aromatic heterocycles. The monoisotopic (exact) mass is 342 g/mol. The molecule has 1 amide bonds. The minimum Gasteiger partial charge on any atom is -0.315 e. The molecule has 1 heterocycles. The van der Waals surface area contributed by atoms with Crippen molar-refractivity contribution in [3.63, 3.8) is 0 Å². The molecule has 6 nitrogen and oxygen atoms in total. The lowest BCUT2D eigenvalue weighted by atomic mass is 9.95. The Kier molecular flexibility index (Phi) is 6.22. The molecule has 2 aromatic rings. The van der Waals surface area contributed by atoms with Crippen LogP contribution in [0.15, 0.2) is 48.8 Å². The average Bonchev–Trinajstić information content (AvgIpc) is 2.63. The van der Waals surface area contributed by atoms with Crippen molar-refractivity contribution in [2.24, 2.45) is 0 Å². The highest BCUT2D eigenvalue weighted by Crippen LogP contribution is 2.24. The Bertz CT molecular complexity index is 740. The van der Waals surface area contributed by atoms with E-state index in [1.54, 1.807) is 23.6 Å². The van der Waals surface area contributed by atoms with Crippen LogP contribution < -0.4 is 9.88 Å². The van der Waals surface area contributed by atoms with Gasteiger partial charge in [0.25, 0.3) is 11.6 Å². The fourth-order valence-corrected chi connectivity index (χ4v) is 2.85. The van der Waals surface area contributed by atoms with Crippen LogP contribution in [0.4, 0.5) is 11.4 Å². The van der Waals surface area contributed by atoms with Gasteiger partial charge in [-0.3, -0.25) is 14.9 Å². The van der Waals surface area contributed by atoms with Gasteiger partial charge in [0.05, 0.1) is 4.92 Å². The summed E-state index contributed by atoms with van der Waals surface area (Å²) in [5.41, 5.74) is 1.35. The fourth-order valence-electron chi connectivity index (χ4n) is 2.85. The maximum absolute atomic E-state index is 12.5. The second-order valence-electron chi connectivity index (χ2n) is 6.03. The number of aromatic nitrogens is 1. The lowest BCUT2D eigenvalue weighted by Gasteiger charge is -2.13. The number of hydrogen-bond donors (Lipinski definition) is 1. The van der Waals surface area contributed by atoms with E-state index in [4.69, 9.17) is 0 Å². The van der Waals surface area contributed by atoms with Gasteiger partial charge in [-0.25, -0.2) is 0 Å². The van der Waals surface area contributed by atoms with Gasteiger partial charge < -0.3 is 5.32 Å². The minimum atomic E-state index is -0.502. The van der Waals surface area contributed by atoms with Crippen LogP contribution in [0.2, 0.25) is 0 Å². The van der Waals surface area contributed by atoms with Crippen LogP contribution in [0.5, 0.6) is 0 Å². The quantitative estimate of drug-likeness (QED) is 0.470. The van der Waals surface area contributed by atoms with Crippen molar-refractivity contribution in [2.75, 3.05) is 5.32 Å². The van der Waals surface area contributed by atoms with Crippen molar-refractivity contribution in [3.05, 3.63) is 64.5 Å². The molecule has 0 aliphatic rings. The maximum atomic E-state index is 12.5. The summed E-state index contributed by atoms with van der Waals surface area (Å²) >= 11 is 0. The molecular formula is C19H24N3O3+. The zero-order valence-corrected chi connectivity index (χ0v) is 14.8. The van der Waals surface area contributed by atoms with Gasteiger partial charge in [0.15, 0.2) is 12.4 Å². The van der Waals surface area contributed by atoms with E-state index < -0.39 is 11.0 Å². The van der Waals surface area contributed by atoms with E-state index in [2.05, 4.69) is 19.2 Å². The summed E-state index contributed by atoms with van der Waals surface area (Å²) in [5, 5.41) is 13.7. The molecule has 0 fully saturated rings. The third kappa shape index (κ3) is 4.41. The van der Waals surface area contributed by atoms with Crippen molar-refractivity contribution in [2.45, 2.75) is 45.6 Å². The summed E-state index contributed by atoms with van der Waals surface area (Å²) in [4.78, 5) is 23.0. The highest BCUT2D eigenvalue weighted by atomic mass is 16.6. The summed E-state index contributed by atoms with van der Waals surface area (Å²) < 4.78 is 1.80. The second-order valence-corrected chi connectivity index (χ2v) is 6.03. The molecule has 0 spiro atoms. The van der Waals surface area contributed by atoms with Crippen LogP contribution >= 0.6 is 0 Å². The normalized spacial score (nSPS) is 12.0. The van der Waals surface area contributed by atoms with E-state index in [1.807, 2.05) is 24.5 Å². The highest BCUT2D eigenvalue weighted by molar-refractivity contribution is 5.94. The third-order valence-electron chi connectivity index (χ3n) is 4.52. The summed E-state index contributed by atoms with van der Waals surface area (Å²) in [5.74, 6) is 0.223. The van der Waals surface area contributed by atoms with Crippen LogP contribution in [0.25, 0.3) is 0 Å². The summed E-state index contributed by atoms with van der Waals surface area (Å²) in [6, 6.07) is 9.73. The Balaban J connectivity index is 2.14. The molecule has 132 valence electrons. The molecule has 0 unspecified atom stereocenters. The summed E-state index contributed by atoms with van der Waals surface area (Å²) in [7, 11) is 0. The zero-order valence-electron chi connectivity index (χ0n) is 14.8. The van der Waals surface area contributed by atoms with Crippen molar-refractivity contribution in [1.29, 1.82) is 0 Å². The minimum absolute atomic E-state index is 0.114. The Morgan fingerprint density at radius 1 is 1.16 bits per heavy atom. The Morgan fingerprint density at radius 3 is 2.32 bits per heavy atom. The van der Waals surface area contributed by atoms with Gasteiger partial charge >= 0.3 is 0 Å². The standard InChI is InChI=1S/C19H23N3O3/c1-4-15(5-2)16-10-12-21(13-11-16)14(3)19(23)20-17-8-6-7-9-18(17)22(24)25/h6-15H,4-5H2,1-3H3/p+1/t14-/m1/s1.